The summed E-state index contributed by atoms with van der Waals surface area (Å²) in [5, 5.41) is 10.4. The highest BCUT2D eigenvalue weighted by Crippen LogP contribution is 2.23. The van der Waals surface area contributed by atoms with Crippen molar-refractivity contribution in [3.05, 3.63) is 35.9 Å². The summed E-state index contributed by atoms with van der Waals surface area (Å²) in [6.45, 7) is 4.67. The van der Waals surface area contributed by atoms with Gasteiger partial charge in [-0.05, 0) is 19.4 Å². The van der Waals surface area contributed by atoms with Gasteiger partial charge < -0.3 is 15.6 Å². The summed E-state index contributed by atoms with van der Waals surface area (Å²) in [7, 11) is 0. The highest BCUT2D eigenvalue weighted by atomic mass is 16.5. The highest BCUT2D eigenvalue weighted by Gasteiger charge is 2.27. The first kappa shape index (κ1) is 13.2. The Bertz CT molecular complexity index is 300. The fourth-order valence-corrected chi connectivity index (χ4v) is 1.58. The fraction of sp³-hybridized carbons (Fsp3) is 0.538. The Labute approximate surface area is 97.2 Å². The Hall–Kier alpha value is -0.900. The molecule has 90 valence electrons. The lowest BCUT2D eigenvalue weighted by molar-refractivity contribution is -0.0109. The Morgan fingerprint density at radius 2 is 1.94 bits per heavy atom. The van der Waals surface area contributed by atoms with Gasteiger partial charge in [0.25, 0.3) is 0 Å². The molecule has 0 aliphatic carbocycles. The van der Waals surface area contributed by atoms with E-state index in [1.165, 1.54) is 0 Å². The molecule has 0 aliphatic rings. The van der Waals surface area contributed by atoms with E-state index in [9.17, 15) is 5.11 Å². The first-order valence-corrected chi connectivity index (χ1v) is 5.68. The third kappa shape index (κ3) is 3.59. The zero-order chi connectivity index (χ0) is 12.0. The van der Waals surface area contributed by atoms with Gasteiger partial charge in [-0.1, -0.05) is 30.3 Å². The minimum Gasteiger partial charge on any atom is -0.384 e. The van der Waals surface area contributed by atoms with Crippen LogP contribution in [0.4, 0.5) is 0 Å². The first-order valence-electron chi connectivity index (χ1n) is 5.68. The van der Waals surface area contributed by atoms with Crippen molar-refractivity contribution < 1.29 is 9.84 Å². The van der Waals surface area contributed by atoms with E-state index in [0.717, 1.165) is 5.56 Å². The molecule has 0 aromatic heterocycles. The summed E-state index contributed by atoms with van der Waals surface area (Å²) in [5.41, 5.74) is 5.53. The average Bonchev–Trinajstić information content (AvgIpc) is 2.29. The molecular formula is C13H21NO2. The van der Waals surface area contributed by atoms with Gasteiger partial charge in [-0.15, -0.1) is 0 Å². The van der Waals surface area contributed by atoms with Crippen LogP contribution in [0.5, 0.6) is 0 Å². The van der Waals surface area contributed by atoms with Crippen LogP contribution in [0, 0.1) is 0 Å². The van der Waals surface area contributed by atoms with Gasteiger partial charge in [-0.25, -0.2) is 0 Å². The molecule has 1 aromatic carbocycles. The predicted octanol–water partition coefficient (Wildman–Crippen LogP) is 1.65. The van der Waals surface area contributed by atoms with E-state index in [-0.39, 0.29) is 12.6 Å². The van der Waals surface area contributed by atoms with Crippen molar-refractivity contribution in [3.63, 3.8) is 0 Å². The zero-order valence-corrected chi connectivity index (χ0v) is 10.0. The molecule has 1 atom stereocenters. The fourth-order valence-electron chi connectivity index (χ4n) is 1.58. The molecule has 1 unspecified atom stereocenters. The second kappa shape index (κ2) is 5.99. The molecule has 3 nitrogen and oxygen atoms in total. The Morgan fingerprint density at radius 1 is 1.31 bits per heavy atom. The van der Waals surface area contributed by atoms with Gasteiger partial charge >= 0.3 is 0 Å². The molecule has 0 saturated carbocycles. The SMILES string of the molecule is CC(C)OCCC(O)(CN)c1ccccc1. The van der Waals surface area contributed by atoms with Gasteiger partial charge in [0.2, 0.25) is 0 Å². The first-order chi connectivity index (χ1) is 7.58. The van der Waals surface area contributed by atoms with Gasteiger partial charge in [0.1, 0.15) is 5.60 Å². The molecule has 3 heteroatoms. The number of ether oxygens (including phenoxy) is 1. The minimum absolute atomic E-state index is 0.179. The van der Waals surface area contributed by atoms with Crippen LogP contribution in [0.2, 0.25) is 0 Å². The smallest absolute Gasteiger partial charge is 0.104 e. The van der Waals surface area contributed by atoms with E-state index in [2.05, 4.69) is 0 Å². The summed E-state index contributed by atoms with van der Waals surface area (Å²) in [6.07, 6.45) is 0.698. The second-order valence-electron chi connectivity index (χ2n) is 4.27. The quantitative estimate of drug-likeness (QED) is 0.771. The molecule has 0 aliphatic heterocycles. The standard InChI is InChI=1S/C13H21NO2/c1-11(2)16-9-8-13(15,10-14)12-6-4-3-5-7-12/h3-7,11,15H,8-10,14H2,1-2H3. The van der Waals surface area contributed by atoms with E-state index >= 15 is 0 Å². The number of nitrogens with two attached hydrogens (primary N) is 1. The molecule has 3 N–H and O–H groups in total. The van der Waals surface area contributed by atoms with Crippen LogP contribution in [0.3, 0.4) is 0 Å². The highest BCUT2D eigenvalue weighted by molar-refractivity contribution is 5.22. The van der Waals surface area contributed by atoms with Crippen LogP contribution in [0.1, 0.15) is 25.8 Å². The Balaban J connectivity index is 2.63. The van der Waals surface area contributed by atoms with Gasteiger partial charge in [0, 0.05) is 13.0 Å². The lowest BCUT2D eigenvalue weighted by Crippen LogP contribution is -2.36. The Kier molecular flexibility index (Phi) is 4.93. The molecule has 16 heavy (non-hydrogen) atoms. The molecular weight excluding hydrogens is 202 g/mol. The lowest BCUT2D eigenvalue weighted by Gasteiger charge is -2.27. The van der Waals surface area contributed by atoms with Crippen molar-refractivity contribution >= 4 is 0 Å². The van der Waals surface area contributed by atoms with E-state index in [0.29, 0.717) is 13.0 Å². The minimum atomic E-state index is -0.976. The molecule has 1 rings (SSSR count). The summed E-state index contributed by atoms with van der Waals surface area (Å²) < 4.78 is 5.45. The van der Waals surface area contributed by atoms with Crippen molar-refractivity contribution in [3.8, 4) is 0 Å². The topological polar surface area (TPSA) is 55.5 Å². The summed E-state index contributed by atoms with van der Waals surface area (Å²) in [6, 6.07) is 9.51. The maximum absolute atomic E-state index is 10.4. The van der Waals surface area contributed by atoms with E-state index in [4.69, 9.17) is 10.5 Å². The third-order valence-corrected chi connectivity index (χ3v) is 2.62. The molecule has 0 saturated heterocycles. The number of benzene rings is 1. The number of aliphatic hydroxyl groups is 1. The molecule has 0 bridgehead atoms. The lowest BCUT2D eigenvalue weighted by atomic mass is 9.91. The third-order valence-electron chi connectivity index (χ3n) is 2.62. The molecule has 0 radical (unpaired) electrons. The van der Waals surface area contributed by atoms with Crippen LogP contribution in [-0.2, 0) is 10.3 Å². The van der Waals surface area contributed by atoms with Gasteiger partial charge in [-0.3, -0.25) is 0 Å². The van der Waals surface area contributed by atoms with Crippen LogP contribution in [-0.4, -0.2) is 24.4 Å². The van der Waals surface area contributed by atoms with Crippen molar-refractivity contribution in [2.45, 2.75) is 32.0 Å². The van der Waals surface area contributed by atoms with Crippen molar-refractivity contribution in [1.29, 1.82) is 0 Å². The van der Waals surface area contributed by atoms with Crippen LogP contribution in [0.25, 0.3) is 0 Å². The zero-order valence-electron chi connectivity index (χ0n) is 10.0. The van der Waals surface area contributed by atoms with Crippen LogP contribution >= 0.6 is 0 Å². The molecule has 0 fully saturated rings. The van der Waals surface area contributed by atoms with Crippen molar-refractivity contribution in [1.82, 2.24) is 0 Å². The van der Waals surface area contributed by atoms with Gasteiger partial charge in [-0.2, -0.15) is 0 Å². The summed E-state index contributed by atoms with van der Waals surface area (Å²) in [5.74, 6) is 0. The number of rotatable bonds is 6. The largest absolute Gasteiger partial charge is 0.384 e. The maximum Gasteiger partial charge on any atom is 0.104 e. The van der Waals surface area contributed by atoms with Gasteiger partial charge in [0.05, 0.1) is 12.7 Å². The normalized spacial score (nSPS) is 15.1. The van der Waals surface area contributed by atoms with E-state index < -0.39 is 5.60 Å². The molecule has 1 aromatic rings. The van der Waals surface area contributed by atoms with E-state index in [1.54, 1.807) is 0 Å². The van der Waals surface area contributed by atoms with Crippen LogP contribution in [0.15, 0.2) is 30.3 Å². The van der Waals surface area contributed by atoms with Crippen molar-refractivity contribution in [2.75, 3.05) is 13.2 Å². The number of hydrogen-bond acceptors (Lipinski definition) is 3. The van der Waals surface area contributed by atoms with Crippen molar-refractivity contribution in [2.24, 2.45) is 5.73 Å². The summed E-state index contributed by atoms with van der Waals surface area (Å²) >= 11 is 0. The van der Waals surface area contributed by atoms with Gasteiger partial charge in [0.15, 0.2) is 0 Å². The second-order valence-corrected chi connectivity index (χ2v) is 4.27. The number of hydrogen-bond donors (Lipinski definition) is 2. The van der Waals surface area contributed by atoms with E-state index in [1.807, 2.05) is 44.2 Å². The molecule has 0 heterocycles. The summed E-state index contributed by atoms with van der Waals surface area (Å²) in [4.78, 5) is 0. The molecule has 0 spiro atoms. The van der Waals surface area contributed by atoms with Crippen LogP contribution < -0.4 is 5.73 Å². The Morgan fingerprint density at radius 3 is 2.44 bits per heavy atom. The monoisotopic (exact) mass is 223 g/mol. The molecule has 0 amide bonds. The average molecular weight is 223 g/mol. The predicted molar refractivity (Wildman–Crippen MR) is 65.1 cm³/mol. The maximum atomic E-state index is 10.4.